The molecule has 0 aromatic carbocycles. The molecule has 3 aliphatic carbocycles. The standard InChI is InChI=1S/C19H27NO3/c1-18-8-6-14-12(13(18)3-4-15(18)17(22)23)10-20-16-9-11(21)5-7-19(14,16)2/h12-15H,3-10H2,1-2H3,(H,22,23)/t12?,13?,14?,15-,18+,19-/m1/s1. The molecule has 4 nitrogen and oxygen atoms in total. The van der Waals surface area contributed by atoms with Crippen LogP contribution in [-0.4, -0.2) is 29.1 Å². The number of fused-ring (bicyclic) bond motifs is 5. The summed E-state index contributed by atoms with van der Waals surface area (Å²) in [4.78, 5) is 28.4. The maximum absolute atomic E-state index is 11.8. The molecule has 4 heteroatoms. The van der Waals surface area contributed by atoms with Gasteiger partial charge < -0.3 is 5.11 Å². The van der Waals surface area contributed by atoms with E-state index in [1.165, 1.54) is 0 Å². The average molecular weight is 317 g/mol. The minimum atomic E-state index is -0.608. The lowest BCUT2D eigenvalue weighted by Gasteiger charge is -2.56. The van der Waals surface area contributed by atoms with Gasteiger partial charge in [-0.3, -0.25) is 14.6 Å². The Bertz CT molecular complexity index is 597. The van der Waals surface area contributed by atoms with E-state index in [9.17, 15) is 14.7 Å². The van der Waals surface area contributed by atoms with E-state index in [4.69, 9.17) is 4.99 Å². The molecule has 0 aromatic heterocycles. The van der Waals surface area contributed by atoms with E-state index in [-0.39, 0.29) is 16.7 Å². The highest BCUT2D eigenvalue weighted by atomic mass is 16.4. The number of rotatable bonds is 1. The van der Waals surface area contributed by atoms with Gasteiger partial charge in [0.1, 0.15) is 5.78 Å². The number of hydrogen-bond acceptors (Lipinski definition) is 3. The second-order valence-corrected chi connectivity index (χ2v) is 8.81. The fourth-order valence-corrected chi connectivity index (χ4v) is 6.61. The predicted molar refractivity (Wildman–Crippen MR) is 87.4 cm³/mol. The fourth-order valence-electron chi connectivity index (χ4n) is 6.61. The zero-order valence-electron chi connectivity index (χ0n) is 14.2. The zero-order chi connectivity index (χ0) is 16.4. The average Bonchev–Trinajstić information content (AvgIpc) is 2.85. The highest BCUT2D eigenvalue weighted by molar-refractivity contribution is 6.07. The smallest absolute Gasteiger partial charge is 0.307 e. The van der Waals surface area contributed by atoms with Gasteiger partial charge in [-0.2, -0.15) is 0 Å². The van der Waals surface area contributed by atoms with Crippen LogP contribution in [-0.2, 0) is 9.59 Å². The molecule has 0 saturated heterocycles. The zero-order valence-corrected chi connectivity index (χ0v) is 14.2. The number of carboxylic acids is 1. The maximum atomic E-state index is 11.8. The SMILES string of the molecule is C[C@]12CCC(=O)CC1=NCC1C2CC[C@@]2(C)C1CC[C@@H]2C(=O)O. The van der Waals surface area contributed by atoms with Crippen LogP contribution in [0.25, 0.3) is 0 Å². The molecule has 3 unspecified atom stereocenters. The minimum absolute atomic E-state index is 0.0547. The number of hydrogen-bond donors (Lipinski definition) is 1. The molecule has 4 aliphatic rings. The van der Waals surface area contributed by atoms with Gasteiger partial charge in [-0.05, 0) is 55.3 Å². The molecule has 3 saturated carbocycles. The fraction of sp³-hybridized carbons (Fsp3) is 0.842. The van der Waals surface area contributed by atoms with Crippen molar-refractivity contribution in [1.29, 1.82) is 0 Å². The molecule has 0 aromatic rings. The maximum Gasteiger partial charge on any atom is 0.307 e. The lowest BCUT2D eigenvalue weighted by molar-refractivity contribution is -0.148. The van der Waals surface area contributed by atoms with E-state index < -0.39 is 5.97 Å². The summed E-state index contributed by atoms with van der Waals surface area (Å²) >= 11 is 0. The third-order valence-electron chi connectivity index (χ3n) is 7.99. The number of nitrogens with zero attached hydrogens (tertiary/aromatic N) is 1. The Kier molecular flexibility index (Phi) is 3.27. The van der Waals surface area contributed by atoms with Crippen molar-refractivity contribution >= 4 is 17.5 Å². The molecular formula is C19H27NO3. The van der Waals surface area contributed by atoms with Crippen molar-refractivity contribution in [3.63, 3.8) is 0 Å². The molecule has 0 bridgehead atoms. The molecule has 0 radical (unpaired) electrons. The number of carbonyl (C=O) groups excluding carboxylic acids is 1. The van der Waals surface area contributed by atoms with Crippen LogP contribution < -0.4 is 0 Å². The monoisotopic (exact) mass is 317 g/mol. The number of carboxylic acid groups (broad SMARTS) is 1. The quantitative estimate of drug-likeness (QED) is 0.806. The third kappa shape index (κ3) is 1.99. The predicted octanol–water partition coefficient (Wildman–Crippen LogP) is 3.34. The lowest BCUT2D eigenvalue weighted by Crippen LogP contribution is -2.54. The van der Waals surface area contributed by atoms with Gasteiger partial charge in [0.05, 0.1) is 5.92 Å². The van der Waals surface area contributed by atoms with E-state index in [1.807, 2.05) is 0 Å². The Labute approximate surface area is 137 Å². The number of aliphatic carboxylic acids is 1. The first-order chi connectivity index (χ1) is 10.9. The third-order valence-corrected chi connectivity index (χ3v) is 7.99. The normalized spacial score (nSPS) is 49.0. The van der Waals surface area contributed by atoms with Crippen molar-refractivity contribution in [1.82, 2.24) is 0 Å². The first kappa shape index (κ1) is 15.3. The van der Waals surface area contributed by atoms with Gasteiger partial charge in [0.15, 0.2) is 0 Å². The van der Waals surface area contributed by atoms with Crippen molar-refractivity contribution in [3.8, 4) is 0 Å². The Morgan fingerprint density at radius 2 is 1.96 bits per heavy atom. The van der Waals surface area contributed by atoms with Gasteiger partial charge in [0, 0.05) is 30.5 Å². The van der Waals surface area contributed by atoms with E-state index in [0.29, 0.717) is 36.4 Å². The van der Waals surface area contributed by atoms with E-state index in [1.54, 1.807) is 0 Å². The lowest BCUT2D eigenvalue weighted by atomic mass is 9.49. The molecule has 1 N–H and O–H groups in total. The second kappa shape index (κ2) is 4.90. The van der Waals surface area contributed by atoms with Gasteiger partial charge >= 0.3 is 5.97 Å². The van der Waals surface area contributed by atoms with Crippen LogP contribution in [0.15, 0.2) is 4.99 Å². The van der Waals surface area contributed by atoms with Crippen LogP contribution in [0.4, 0.5) is 0 Å². The molecule has 4 rings (SSSR count). The van der Waals surface area contributed by atoms with Crippen LogP contribution in [0.5, 0.6) is 0 Å². The molecule has 1 aliphatic heterocycles. The number of carbonyl (C=O) groups is 2. The van der Waals surface area contributed by atoms with Gasteiger partial charge in [-0.1, -0.05) is 13.8 Å². The molecule has 126 valence electrons. The van der Waals surface area contributed by atoms with Gasteiger partial charge in [-0.15, -0.1) is 0 Å². The largest absolute Gasteiger partial charge is 0.481 e. The summed E-state index contributed by atoms with van der Waals surface area (Å²) < 4.78 is 0. The number of aliphatic imine (C=N–C) groups is 1. The Morgan fingerprint density at radius 3 is 2.70 bits per heavy atom. The summed E-state index contributed by atoms with van der Waals surface area (Å²) in [6, 6.07) is 0. The van der Waals surface area contributed by atoms with Crippen LogP contribution in [0.2, 0.25) is 0 Å². The molecule has 6 atom stereocenters. The van der Waals surface area contributed by atoms with Gasteiger partial charge in [-0.25, -0.2) is 0 Å². The second-order valence-electron chi connectivity index (χ2n) is 8.81. The first-order valence-corrected chi connectivity index (χ1v) is 9.14. The molecule has 3 fully saturated rings. The van der Waals surface area contributed by atoms with E-state index in [0.717, 1.165) is 44.4 Å². The summed E-state index contributed by atoms with van der Waals surface area (Å²) in [6.45, 7) is 5.35. The van der Waals surface area contributed by atoms with Crippen molar-refractivity contribution < 1.29 is 14.7 Å². The van der Waals surface area contributed by atoms with Crippen LogP contribution in [0.1, 0.15) is 58.8 Å². The topological polar surface area (TPSA) is 66.7 Å². The van der Waals surface area contributed by atoms with Crippen LogP contribution in [0.3, 0.4) is 0 Å². The summed E-state index contributed by atoms with van der Waals surface area (Å²) in [5.74, 6) is 1.14. The van der Waals surface area contributed by atoms with Crippen LogP contribution in [0, 0.1) is 34.5 Å². The van der Waals surface area contributed by atoms with E-state index in [2.05, 4.69) is 13.8 Å². The highest BCUT2D eigenvalue weighted by Gasteiger charge is 2.60. The van der Waals surface area contributed by atoms with Crippen molar-refractivity contribution in [3.05, 3.63) is 0 Å². The summed E-state index contributed by atoms with van der Waals surface area (Å²) in [5, 5.41) is 9.62. The molecular weight excluding hydrogens is 290 g/mol. The molecule has 0 spiro atoms. The summed E-state index contributed by atoms with van der Waals surface area (Å²) in [6.07, 6.45) is 6.17. The van der Waals surface area contributed by atoms with Crippen molar-refractivity contribution in [2.45, 2.75) is 58.8 Å². The van der Waals surface area contributed by atoms with Crippen LogP contribution >= 0.6 is 0 Å². The summed E-state index contributed by atoms with van der Waals surface area (Å²) in [5.41, 5.74) is 1.17. The number of Topliss-reactive ketones (excluding diaryl/α,β-unsaturated/α-hetero) is 1. The Hall–Kier alpha value is -1.19. The summed E-state index contributed by atoms with van der Waals surface area (Å²) in [7, 11) is 0. The first-order valence-electron chi connectivity index (χ1n) is 9.14. The highest BCUT2D eigenvalue weighted by Crippen LogP contribution is 2.63. The van der Waals surface area contributed by atoms with Gasteiger partial charge in [0.2, 0.25) is 0 Å². The Balaban J connectivity index is 1.67. The molecule has 0 amide bonds. The molecule has 23 heavy (non-hydrogen) atoms. The van der Waals surface area contributed by atoms with Crippen molar-refractivity contribution in [2.75, 3.05) is 6.54 Å². The molecule has 1 heterocycles. The van der Waals surface area contributed by atoms with E-state index >= 15 is 0 Å². The minimum Gasteiger partial charge on any atom is -0.481 e. The van der Waals surface area contributed by atoms with Crippen molar-refractivity contribution in [2.24, 2.45) is 39.5 Å². The Morgan fingerprint density at radius 1 is 1.17 bits per heavy atom. The van der Waals surface area contributed by atoms with Gasteiger partial charge in [0.25, 0.3) is 0 Å². The number of ketones is 1.